The molecule has 0 aromatic carbocycles. The maximum Gasteiger partial charge on any atom is 0.315 e. The fourth-order valence-corrected chi connectivity index (χ4v) is 2.23. The van der Waals surface area contributed by atoms with Crippen molar-refractivity contribution in [2.24, 2.45) is 0 Å². The highest BCUT2D eigenvalue weighted by Crippen LogP contribution is 2.15. The van der Waals surface area contributed by atoms with Crippen molar-refractivity contribution in [1.29, 1.82) is 0 Å². The first kappa shape index (κ1) is 13.9. The Bertz CT molecular complexity index is 374. The standard InChI is InChI=1S/C13H22N4O2/c1-11(12-4-2-9-19-12)16-13(18)15-5-3-7-17-8-6-14-10-17/h6,8,10-12H,2-5,7,9H2,1H3,(H2,15,16,18). The summed E-state index contributed by atoms with van der Waals surface area (Å²) in [6.45, 7) is 4.31. The summed E-state index contributed by atoms with van der Waals surface area (Å²) in [7, 11) is 0. The van der Waals surface area contributed by atoms with E-state index in [-0.39, 0.29) is 18.2 Å². The van der Waals surface area contributed by atoms with E-state index in [1.807, 2.05) is 17.7 Å². The third-order valence-corrected chi connectivity index (χ3v) is 3.32. The molecule has 0 saturated carbocycles. The van der Waals surface area contributed by atoms with Gasteiger partial charge in [-0.3, -0.25) is 0 Å². The Balaban J connectivity index is 1.56. The van der Waals surface area contributed by atoms with E-state index >= 15 is 0 Å². The van der Waals surface area contributed by atoms with Crippen molar-refractivity contribution in [3.8, 4) is 0 Å². The van der Waals surface area contributed by atoms with Gasteiger partial charge in [0.05, 0.1) is 18.5 Å². The van der Waals surface area contributed by atoms with Crippen LogP contribution in [0, 0.1) is 0 Å². The Morgan fingerprint density at radius 3 is 3.21 bits per heavy atom. The first-order valence-corrected chi connectivity index (χ1v) is 6.87. The molecule has 2 unspecified atom stereocenters. The number of hydrogen-bond acceptors (Lipinski definition) is 3. The molecule has 0 bridgehead atoms. The van der Waals surface area contributed by atoms with E-state index in [2.05, 4.69) is 15.6 Å². The summed E-state index contributed by atoms with van der Waals surface area (Å²) in [4.78, 5) is 15.6. The highest BCUT2D eigenvalue weighted by atomic mass is 16.5. The normalized spacial score (nSPS) is 20.2. The van der Waals surface area contributed by atoms with Crippen LogP contribution in [0.1, 0.15) is 26.2 Å². The molecule has 0 radical (unpaired) electrons. The van der Waals surface area contributed by atoms with Gasteiger partial charge in [-0.2, -0.15) is 0 Å². The summed E-state index contributed by atoms with van der Waals surface area (Å²) in [6, 6.07) is -0.0511. The molecule has 1 fully saturated rings. The van der Waals surface area contributed by atoms with Crippen LogP contribution in [0.2, 0.25) is 0 Å². The van der Waals surface area contributed by atoms with E-state index in [1.54, 1.807) is 12.5 Å². The van der Waals surface area contributed by atoms with Gasteiger partial charge in [-0.05, 0) is 26.2 Å². The predicted octanol–water partition coefficient (Wildman–Crippen LogP) is 1.14. The number of urea groups is 1. The van der Waals surface area contributed by atoms with Gasteiger partial charge in [0.1, 0.15) is 0 Å². The summed E-state index contributed by atoms with van der Waals surface area (Å²) in [5.74, 6) is 0. The zero-order chi connectivity index (χ0) is 13.5. The number of amides is 2. The van der Waals surface area contributed by atoms with Crippen LogP contribution >= 0.6 is 0 Å². The fraction of sp³-hybridized carbons (Fsp3) is 0.692. The van der Waals surface area contributed by atoms with Crippen LogP contribution in [0.15, 0.2) is 18.7 Å². The number of rotatable bonds is 6. The van der Waals surface area contributed by atoms with Crippen LogP contribution in [0.5, 0.6) is 0 Å². The lowest BCUT2D eigenvalue weighted by molar-refractivity contribution is 0.0860. The summed E-state index contributed by atoms with van der Waals surface area (Å²) >= 11 is 0. The van der Waals surface area contributed by atoms with Crippen molar-refractivity contribution in [2.75, 3.05) is 13.2 Å². The fourth-order valence-electron chi connectivity index (χ4n) is 2.23. The number of carbonyl (C=O) groups excluding carboxylic acids is 1. The number of carbonyl (C=O) groups is 1. The Hall–Kier alpha value is -1.56. The van der Waals surface area contributed by atoms with Crippen LogP contribution in [0.4, 0.5) is 4.79 Å². The monoisotopic (exact) mass is 266 g/mol. The Labute approximate surface area is 113 Å². The van der Waals surface area contributed by atoms with E-state index < -0.39 is 0 Å². The predicted molar refractivity (Wildman–Crippen MR) is 71.8 cm³/mol. The van der Waals surface area contributed by atoms with Gasteiger partial charge in [0, 0.05) is 32.1 Å². The van der Waals surface area contributed by atoms with Gasteiger partial charge in [0.2, 0.25) is 0 Å². The number of nitrogens with one attached hydrogen (secondary N) is 2. The molecule has 2 amide bonds. The SMILES string of the molecule is CC(NC(=O)NCCCn1ccnc1)C1CCCO1. The number of hydrogen-bond donors (Lipinski definition) is 2. The Kier molecular flexibility index (Phi) is 5.20. The van der Waals surface area contributed by atoms with Crippen LogP contribution in [0.25, 0.3) is 0 Å². The van der Waals surface area contributed by atoms with Gasteiger partial charge in [-0.15, -0.1) is 0 Å². The summed E-state index contributed by atoms with van der Waals surface area (Å²) in [5, 5.41) is 5.78. The number of ether oxygens (including phenoxy) is 1. The molecule has 2 rings (SSSR count). The largest absolute Gasteiger partial charge is 0.376 e. The molecule has 6 heteroatoms. The van der Waals surface area contributed by atoms with Gasteiger partial charge >= 0.3 is 6.03 Å². The van der Waals surface area contributed by atoms with Gasteiger partial charge in [-0.25, -0.2) is 9.78 Å². The second-order valence-electron chi connectivity index (χ2n) is 4.89. The van der Waals surface area contributed by atoms with Crippen molar-refractivity contribution in [3.63, 3.8) is 0 Å². The maximum absolute atomic E-state index is 11.7. The highest BCUT2D eigenvalue weighted by molar-refractivity contribution is 5.74. The van der Waals surface area contributed by atoms with Crippen LogP contribution in [-0.4, -0.2) is 40.9 Å². The van der Waals surface area contributed by atoms with Crippen molar-refractivity contribution in [3.05, 3.63) is 18.7 Å². The van der Waals surface area contributed by atoms with E-state index in [0.29, 0.717) is 6.54 Å². The number of aromatic nitrogens is 2. The van der Waals surface area contributed by atoms with Crippen molar-refractivity contribution >= 4 is 6.03 Å². The van der Waals surface area contributed by atoms with Gasteiger partial charge < -0.3 is 19.9 Å². The lowest BCUT2D eigenvalue weighted by atomic mass is 10.1. The average molecular weight is 266 g/mol. The molecular formula is C13H22N4O2. The highest BCUT2D eigenvalue weighted by Gasteiger charge is 2.23. The molecule has 2 heterocycles. The number of aryl methyl sites for hydroxylation is 1. The molecule has 1 aliphatic rings. The van der Waals surface area contributed by atoms with Crippen LogP contribution < -0.4 is 10.6 Å². The minimum Gasteiger partial charge on any atom is -0.376 e. The third kappa shape index (κ3) is 4.55. The molecule has 0 spiro atoms. The quantitative estimate of drug-likeness (QED) is 0.759. The summed E-state index contributed by atoms with van der Waals surface area (Å²) in [5.41, 5.74) is 0. The van der Waals surface area contributed by atoms with E-state index in [0.717, 1.165) is 32.4 Å². The molecular weight excluding hydrogens is 244 g/mol. The lowest BCUT2D eigenvalue weighted by Crippen LogP contribution is -2.46. The zero-order valence-corrected chi connectivity index (χ0v) is 11.3. The molecule has 106 valence electrons. The lowest BCUT2D eigenvalue weighted by Gasteiger charge is -2.20. The second-order valence-corrected chi connectivity index (χ2v) is 4.89. The summed E-state index contributed by atoms with van der Waals surface area (Å²) < 4.78 is 7.53. The van der Waals surface area contributed by atoms with Crippen molar-refractivity contribution in [2.45, 2.75) is 44.9 Å². The Morgan fingerprint density at radius 1 is 1.63 bits per heavy atom. The van der Waals surface area contributed by atoms with Gasteiger partial charge in [0.15, 0.2) is 0 Å². The first-order chi connectivity index (χ1) is 9.25. The number of imidazole rings is 1. The van der Waals surface area contributed by atoms with Crippen LogP contribution in [0.3, 0.4) is 0 Å². The second kappa shape index (κ2) is 7.13. The van der Waals surface area contributed by atoms with E-state index in [4.69, 9.17) is 4.74 Å². The topological polar surface area (TPSA) is 68.2 Å². The molecule has 1 saturated heterocycles. The molecule has 1 aliphatic heterocycles. The summed E-state index contributed by atoms with van der Waals surface area (Å²) in [6.07, 6.45) is 8.61. The molecule has 1 aromatic rings. The molecule has 19 heavy (non-hydrogen) atoms. The van der Waals surface area contributed by atoms with Gasteiger partial charge in [0.25, 0.3) is 0 Å². The maximum atomic E-state index is 11.7. The minimum atomic E-state index is -0.117. The Morgan fingerprint density at radius 2 is 2.53 bits per heavy atom. The first-order valence-electron chi connectivity index (χ1n) is 6.87. The van der Waals surface area contributed by atoms with Crippen molar-refractivity contribution in [1.82, 2.24) is 20.2 Å². The molecule has 2 N–H and O–H groups in total. The smallest absolute Gasteiger partial charge is 0.315 e. The average Bonchev–Trinajstić information content (AvgIpc) is 3.07. The zero-order valence-electron chi connectivity index (χ0n) is 11.3. The molecule has 1 aromatic heterocycles. The minimum absolute atomic E-state index is 0.0659. The van der Waals surface area contributed by atoms with Crippen LogP contribution in [-0.2, 0) is 11.3 Å². The van der Waals surface area contributed by atoms with Gasteiger partial charge in [-0.1, -0.05) is 0 Å². The molecule has 2 atom stereocenters. The van der Waals surface area contributed by atoms with E-state index in [9.17, 15) is 4.79 Å². The molecule has 0 aliphatic carbocycles. The number of nitrogens with zero attached hydrogens (tertiary/aromatic N) is 2. The molecule has 6 nitrogen and oxygen atoms in total. The third-order valence-electron chi connectivity index (χ3n) is 3.32. The van der Waals surface area contributed by atoms with E-state index in [1.165, 1.54) is 0 Å². The van der Waals surface area contributed by atoms with Crippen molar-refractivity contribution < 1.29 is 9.53 Å².